The summed E-state index contributed by atoms with van der Waals surface area (Å²) in [6, 6.07) is 7.35. The highest BCUT2D eigenvalue weighted by Gasteiger charge is 2.16. The molecule has 0 bridgehead atoms. The molecule has 0 aliphatic carbocycles. The lowest BCUT2D eigenvalue weighted by molar-refractivity contribution is 0.00125. The Morgan fingerprint density at radius 1 is 1.42 bits per heavy atom. The maximum Gasteiger partial charge on any atom is 0.411 e. The average molecular weight is 266 g/mol. The number of anilines is 1. The van der Waals surface area contributed by atoms with E-state index >= 15 is 0 Å². The summed E-state index contributed by atoms with van der Waals surface area (Å²) in [5, 5.41) is 2.66. The van der Waals surface area contributed by atoms with Gasteiger partial charge in [0.15, 0.2) is 0 Å². The minimum absolute atomic E-state index is 0.292. The number of ether oxygens (including phenoxy) is 2. The van der Waals surface area contributed by atoms with Crippen molar-refractivity contribution in [3.05, 3.63) is 29.8 Å². The van der Waals surface area contributed by atoms with Crippen molar-refractivity contribution in [2.24, 2.45) is 5.73 Å². The van der Waals surface area contributed by atoms with E-state index in [1.54, 1.807) is 13.2 Å². The Bertz CT molecular complexity index is 419. The SMILES string of the molecule is COC(C)(C)CCOC(=O)Nc1cccc(CN)c1. The van der Waals surface area contributed by atoms with E-state index in [0.717, 1.165) is 5.56 Å². The second kappa shape index (κ2) is 7.11. The monoisotopic (exact) mass is 266 g/mol. The normalized spacial score (nSPS) is 11.2. The Morgan fingerprint density at radius 2 is 2.16 bits per heavy atom. The summed E-state index contributed by atoms with van der Waals surface area (Å²) in [6.07, 6.45) is 0.167. The maximum absolute atomic E-state index is 11.6. The smallest absolute Gasteiger partial charge is 0.411 e. The van der Waals surface area contributed by atoms with Crippen LogP contribution < -0.4 is 11.1 Å². The number of methoxy groups -OCH3 is 1. The van der Waals surface area contributed by atoms with Gasteiger partial charge < -0.3 is 15.2 Å². The molecule has 1 amide bonds. The third kappa shape index (κ3) is 5.72. The third-order valence-corrected chi connectivity index (χ3v) is 2.90. The molecule has 3 N–H and O–H groups in total. The molecule has 19 heavy (non-hydrogen) atoms. The van der Waals surface area contributed by atoms with Crippen LogP contribution in [0.5, 0.6) is 0 Å². The Kier molecular flexibility index (Phi) is 5.79. The maximum atomic E-state index is 11.6. The highest BCUT2D eigenvalue weighted by Crippen LogP contribution is 2.13. The third-order valence-electron chi connectivity index (χ3n) is 2.90. The van der Waals surface area contributed by atoms with E-state index < -0.39 is 6.09 Å². The number of rotatable bonds is 6. The van der Waals surface area contributed by atoms with Crippen LogP contribution in [-0.4, -0.2) is 25.4 Å². The molecule has 0 heterocycles. The van der Waals surface area contributed by atoms with E-state index in [2.05, 4.69) is 5.32 Å². The van der Waals surface area contributed by atoms with Crippen LogP contribution in [0.15, 0.2) is 24.3 Å². The fourth-order valence-electron chi connectivity index (χ4n) is 1.42. The number of nitrogens with one attached hydrogen (secondary N) is 1. The lowest BCUT2D eigenvalue weighted by atomic mass is 10.1. The molecule has 0 aromatic heterocycles. The van der Waals surface area contributed by atoms with Crippen molar-refractivity contribution < 1.29 is 14.3 Å². The summed E-state index contributed by atoms with van der Waals surface area (Å²) in [7, 11) is 1.64. The van der Waals surface area contributed by atoms with Crippen LogP contribution in [-0.2, 0) is 16.0 Å². The highest BCUT2D eigenvalue weighted by atomic mass is 16.5. The summed E-state index contributed by atoms with van der Waals surface area (Å²) >= 11 is 0. The van der Waals surface area contributed by atoms with Gasteiger partial charge in [-0.25, -0.2) is 4.79 Å². The van der Waals surface area contributed by atoms with Gasteiger partial charge in [-0.05, 0) is 31.5 Å². The molecule has 0 aliphatic rings. The molecule has 0 unspecified atom stereocenters. The van der Waals surface area contributed by atoms with Crippen molar-refractivity contribution in [1.82, 2.24) is 0 Å². The van der Waals surface area contributed by atoms with Gasteiger partial charge in [-0.15, -0.1) is 0 Å². The number of carbonyl (C=O) groups excluding carboxylic acids is 1. The van der Waals surface area contributed by atoms with Gasteiger partial charge in [0.1, 0.15) is 0 Å². The highest BCUT2D eigenvalue weighted by molar-refractivity contribution is 5.84. The first kappa shape index (κ1) is 15.5. The number of nitrogens with two attached hydrogens (primary N) is 1. The fraction of sp³-hybridized carbons (Fsp3) is 0.500. The average Bonchev–Trinajstić information content (AvgIpc) is 2.38. The number of carbonyl (C=O) groups is 1. The van der Waals surface area contributed by atoms with E-state index in [-0.39, 0.29) is 5.60 Å². The predicted octanol–water partition coefficient (Wildman–Crippen LogP) is 2.51. The largest absolute Gasteiger partial charge is 0.449 e. The zero-order valence-corrected chi connectivity index (χ0v) is 11.7. The summed E-state index contributed by atoms with van der Waals surface area (Å²) in [4.78, 5) is 11.6. The molecule has 1 aromatic carbocycles. The van der Waals surface area contributed by atoms with Crippen LogP contribution in [0.25, 0.3) is 0 Å². The van der Waals surface area contributed by atoms with Crippen molar-refractivity contribution in [2.75, 3.05) is 19.0 Å². The standard InChI is InChI=1S/C14H22N2O3/c1-14(2,18-3)7-8-19-13(17)16-12-6-4-5-11(9-12)10-15/h4-6,9H,7-8,10,15H2,1-3H3,(H,16,17). The van der Waals surface area contributed by atoms with Gasteiger partial charge in [-0.1, -0.05) is 12.1 Å². The molecule has 5 heteroatoms. The molecule has 0 fully saturated rings. The molecule has 0 aliphatic heterocycles. The molecule has 1 rings (SSSR count). The van der Waals surface area contributed by atoms with Gasteiger partial charge in [0.05, 0.1) is 12.2 Å². The van der Waals surface area contributed by atoms with E-state index in [1.165, 1.54) is 0 Å². The molecule has 0 saturated heterocycles. The lowest BCUT2D eigenvalue weighted by Crippen LogP contribution is -2.26. The Hall–Kier alpha value is -1.59. The zero-order chi connectivity index (χ0) is 14.3. The molecule has 106 valence electrons. The van der Waals surface area contributed by atoms with Crippen LogP contribution in [0, 0.1) is 0 Å². The zero-order valence-electron chi connectivity index (χ0n) is 11.7. The summed E-state index contributed by atoms with van der Waals surface area (Å²) in [6.45, 7) is 4.63. The summed E-state index contributed by atoms with van der Waals surface area (Å²) in [5.41, 5.74) is 6.88. The van der Waals surface area contributed by atoms with Gasteiger partial charge in [-0.2, -0.15) is 0 Å². The van der Waals surface area contributed by atoms with Crippen molar-refractivity contribution >= 4 is 11.8 Å². The number of hydrogen-bond donors (Lipinski definition) is 2. The Morgan fingerprint density at radius 3 is 2.79 bits per heavy atom. The summed E-state index contributed by atoms with van der Waals surface area (Å²) in [5.74, 6) is 0. The number of benzene rings is 1. The van der Waals surface area contributed by atoms with Crippen molar-refractivity contribution in [2.45, 2.75) is 32.4 Å². The molecule has 1 aromatic rings. The number of amides is 1. The molecular formula is C14H22N2O3. The van der Waals surface area contributed by atoms with Gasteiger partial charge in [0.2, 0.25) is 0 Å². The van der Waals surface area contributed by atoms with Crippen LogP contribution in [0.1, 0.15) is 25.8 Å². The Labute approximate surface area is 114 Å². The van der Waals surface area contributed by atoms with E-state index in [9.17, 15) is 4.79 Å². The second-order valence-electron chi connectivity index (χ2n) is 4.88. The van der Waals surface area contributed by atoms with Crippen molar-refractivity contribution in [1.29, 1.82) is 0 Å². The van der Waals surface area contributed by atoms with Crippen LogP contribution in [0.3, 0.4) is 0 Å². The van der Waals surface area contributed by atoms with E-state index in [4.69, 9.17) is 15.2 Å². The first-order valence-electron chi connectivity index (χ1n) is 6.25. The molecule has 5 nitrogen and oxygen atoms in total. The first-order chi connectivity index (χ1) is 8.96. The van der Waals surface area contributed by atoms with Crippen LogP contribution in [0.4, 0.5) is 10.5 Å². The molecule has 0 spiro atoms. The minimum atomic E-state index is -0.471. The van der Waals surface area contributed by atoms with Gasteiger partial charge in [0, 0.05) is 25.8 Å². The van der Waals surface area contributed by atoms with Gasteiger partial charge >= 0.3 is 6.09 Å². The second-order valence-corrected chi connectivity index (χ2v) is 4.88. The van der Waals surface area contributed by atoms with Gasteiger partial charge in [-0.3, -0.25) is 5.32 Å². The molecule has 0 radical (unpaired) electrons. The van der Waals surface area contributed by atoms with Gasteiger partial charge in [0.25, 0.3) is 0 Å². The van der Waals surface area contributed by atoms with Crippen molar-refractivity contribution in [3.8, 4) is 0 Å². The number of hydrogen-bond acceptors (Lipinski definition) is 4. The van der Waals surface area contributed by atoms with Crippen LogP contribution in [0.2, 0.25) is 0 Å². The fourth-order valence-corrected chi connectivity index (χ4v) is 1.42. The minimum Gasteiger partial charge on any atom is -0.449 e. The molecule has 0 atom stereocenters. The quantitative estimate of drug-likeness (QED) is 0.829. The molecule has 0 saturated carbocycles. The predicted molar refractivity (Wildman–Crippen MR) is 75.0 cm³/mol. The Balaban J connectivity index is 2.39. The molecular weight excluding hydrogens is 244 g/mol. The summed E-state index contributed by atoms with van der Waals surface area (Å²) < 4.78 is 10.3. The topological polar surface area (TPSA) is 73.6 Å². The van der Waals surface area contributed by atoms with E-state index in [1.807, 2.05) is 32.0 Å². The van der Waals surface area contributed by atoms with Crippen LogP contribution >= 0.6 is 0 Å². The lowest BCUT2D eigenvalue weighted by Gasteiger charge is -2.22. The first-order valence-corrected chi connectivity index (χ1v) is 6.25. The van der Waals surface area contributed by atoms with E-state index in [0.29, 0.717) is 25.3 Å². The van der Waals surface area contributed by atoms with Crippen molar-refractivity contribution in [3.63, 3.8) is 0 Å².